The van der Waals surface area contributed by atoms with Crippen molar-refractivity contribution in [1.82, 2.24) is 0 Å². The Morgan fingerprint density at radius 2 is 1.30 bits per heavy atom. The minimum atomic E-state index is -2.02. The molecule has 2 aromatic rings. The van der Waals surface area contributed by atoms with E-state index < -0.39 is 15.4 Å². The van der Waals surface area contributed by atoms with Crippen molar-refractivity contribution < 1.29 is 4.43 Å². The lowest BCUT2D eigenvalue weighted by molar-refractivity contribution is 0.315. The molecule has 1 aliphatic rings. The molecule has 1 saturated heterocycles. The zero-order valence-corrected chi connectivity index (χ0v) is 14.3. The summed E-state index contributed by atoms with van der Waals surface area (Å²) in [5.74, 6) is 0. The predicted octanol–water partition coefficient (Wildman–Crippen LogP) is 2.95. The van der Waals surface area contributed by atoms with Crippen LogP contribution >= 0.6 is 0 Å². The van der Waals surface area contributed by atoms with Gasteiger partial charge in [-0.2, -0.15) is 0 Å². The first-order chi connectivity index (χ1) is 9.67. The van der Waals surface area contributed by atoms with Gasteiger partial charge >= 0.3 is 0 Å². The fraction of sp³-hybridized carbons (Fsp3) is 0.294. The van der Waals surface area contributed by atoms with Crippen LogP contribution in [0.4, 0.5) is 0 Å². The second-order valence-corrected chi connectivity index (χ2v) is 19.5. The Hall–Kier alpha value is -1.17. The molecule has 1 aliphatic heterocycles. The highest BCUT2D eigenvalue weighted by Gasteiger charge is 2.55. The molecular weight excluding hydrogens is 276 g/mol. The van der Waals surface area contributed by atoms with Crippen molar-refractivity contribution in [2.24, 2.45) is 0 Å². The first-order valence-electron chi connectivity index (χ1n) is 7.42. The molecule has 0 unspecified atom stereocenters. The van der Waals surface area contributed by atoms with Crippen LogP contribution in [0.1, 0.15) is 6.42 Å². The minimum absolute atomic E-state index is 0.923. The molecule has 0 saturated carbocycles. The van der Waals surface area contributed by atoms with Crippen LogP contribution in [0.5, 0.6) is 0 Å². The molecule has 3 heteroatoms. The first-order valence-corrected chi connectivity index (χ1v) is 13.5. The molecule has 0 aromatic heterocycles. The zero-order valence-electron chi connectivity index (χ0n) is 12.3. The van der Waals surface area contributed by atoms with Crippen molar-refractivity contribution in [3.05, 3.63) is 60.7 Å². The fourth-order valence-corrected chi connectivity index (χ4v) is 18.1. The van der Waals surface area contributed by atoms with Gasteiger partial charge in [0.1, 0.15) is 0 Å². The van der Waals surface area contributed by atoms with Gasteiger partial charge < -0.3 is 4.43 Å². The molecule has 0 N–H and O–H groups in total. The van der Waals surface area contributed by atoms with Crippen molar-refractivity contribution in [3.8, 4) is 0 Å². The van der Waals surface area contributed by atoms with Crippen LogP contribution in [-0.4, -0.2) is 22.0 Å². The van der Waals surface area contributed by atoms with E-state index in [4.69, 9.17) is 4.43 Å². The average molecular weight is 299 g/mol. The normalized spacial score (nSPS) is 20.5. The van der Waals surface area contributed by atoms with Gasteiger partial charge in [-0.1, -0.05) is 79.8 Å². The van der Waals surface area contributed by atoms with Gasteiger partial charge in [-0.15, -0.1) is 0 Å². The lowest BCUT2D eigenvalue weighted by atomic mass is 10.4. The van der Waals surface area contributed by atoms with Crippen molar-refractivity contribution in [2.75, 3.05) is 6.61 Å². The van der Waals surface area contributed by atoms with E-state index in [2.05, 4.69) is 73.8 Å². The molecule has 104 valence electrons. The van der Waals surface area contributed by atoms with Crippen LogP contribution in [0, 0.1) is 0 Å². The lowest BCUT2D eigenvalue weighted by Crippen LogP contribution is -2.77. The number of benzene rings is 2. The van der Waals surface area contributed by atoms with Gasteiger partial charge in [-0.05, 0) is 16.8 Å². The lowest BCUT2D eigenvalue weighted by Gasteiger charge is -2.47. The summed E-state index contributed by atoms with van der Waals surface area (Å²) in [5.41, 5.74) is 0. The highest BCUT2D eigenvalue weighted by atomic mass is 29.3. The topological polar surface area (TPSA) is 9.23 Å². The van der Waals surface area contributed by atoms with Crippen LogP contribution in [-0.2, 0) is 4.43 Å². The SMILES string of the molecule is C[Si]1(C)CCCO[Si]1(c1ccccc1)c1ccccc1. The molecule has 0 aliphatic carbocycles. The molecule has 1 heterocycles. The molecule has 1 nitrogen and oxygen atoms in total. The van der Waals surface area contributed by atoms with E-state index in [1.54, 1.807) is 0 Å². The van der Waals surface area contributed by atoms with Crippen LogP contribution in [0.3, 0.4) is 0 Å². The van der Waals surface area contributed by atoms with E-state index in [0.717, 1.165) is 6.61 Å². The number of hydrogen-bond donors (Lipinski definition) is 0. The second-order valence-electron chi connectivity index (χ2n) is 6.25. The molecule has 0 spiro atoms. The summed E-state index contributed by atoms with van der Waals surface area (Å²) >= 11 is 0. The van der Waals surface area contributed by atoms with Gasteiger partial charge in [0, 0.05) is 6.61 Å². The van der Waals surface area contributed by atoms with E-state index >= 15 is 0 Å². The number of hydrogen-bond acceptors (Lipinski definition) is 1. The molecule has 0 amide bonds. The average Bonchev–Trinajstić information content (AvgIpc) is 2.49. The molecule has 2 aromatic carbocycles. The highest BCUT2D eigenvalue weighted by molar-refractivity contribution is 7.48. The summed E-state index contributed by atoms with van der Waals surface area (Å²) in [4.78, 5) is 0. The summed E-state index contributed by atoms with van der Waals surface area (Å²) in [6.45, 7) is 5.98. The summed E-state index contributed by atoms with van der Waals surface area (Å²) in [7, 11) is -3.46. The van der Waals surface area contributed by atoms with Crippen LogP contribution in [0.2, 0.25) is 19.1 Å². The van der Waals surface area contributed by atoms with E-state index in [1.165, 1.54) is 22.8 Å². The number of rotatable bonds is 2. The zero-order chi connectivity index (χ0) is 14.1. The van der Waals surface area contributed by atoms with Gasteiger partial charge in [0.15, 0.2) is 0 Å². The highest BCUT2D eigenvalue weighted by Crippen LogP contribution is 2.30. The standard InChI is InChI=1S/C17H22OSi2/c1-19(2)15-9-14-18-20(19,16-10-5-3-6-11-16)17-12-7-4-8-13-17/h3-8,10-13H,9,14-15H2,1-2H3. The van der Waals surface area contributed by atoms with Gasteiger partial charge in [0.05, 0.1) is 7.59 Å². The maximum atomic E-state index is 6.65. The minimum Gasteiger partial charge on any atom is -0.411 e. The van der Waals surface area contributed by atoms with Crippen molar-refractivity contribution in [2.45, 2.75) is 25.6 Å². The Bertz CT molecular complexity index is 527. The van der Waals surface area contributed by atoms with Crippen molar-refractivity contribution >= 4 is 25.8 Å². The molecule has 0 radical (unpaired) electrons. The molecule has 0 bridgehead atoms. The Balaban J connectivity index is 2.23. The van der Waals surface area contributed by atoms with Gasteiger partial charge in [0.2, 0.25) is 7.83 Å². The summed E-state index contributed by atoms with van der Waals surface area (Å²) < 4.78 is 6.65. The Kier molecular flexibility index (Phi) is 3.67. The van der Waals surface area contributed by atoms with Gasteiger partial charge in [-0.25, -0.2) is 0 Å². The largest absolute Gasteiger partial charge is 0.411 e. The monoisotopic (exact) mass is 298 g/mol. The third kappa shape index (κ3) is 2.10. The summed E-state index contributed by atoms with van der Waals surface area (Å²) in [6.07, 6.45) is 1.23. The van der Waals surface area contributed by atoms with Crippen molar-refractivity contribution in [1.29, 1.82) is 0 Å². The quantitative estimate of drug-likeness (QED) is 0.775. The summed E-state index contributed by atoms with van der Waals surface area (Å²) in [5, 5.41) is 2.92. The van der Waals surface area contributed by atoms with Crippen LogP contribution in [0.15, 0.2) is 60.7 Å². The van der Waals surface area contributed by atoms with E-state index in [9.17, 15) is 0 Å². The third-order valence-corrected chi connectivity index (χ3v) is 19.7. The van der Waals surface area contributed by atoms with Crippen LogP contribution in [0.25, 0.3) is 0 Å². The van der Waals surface area contributed by atoms with E-state index in [-0.39, 0.29) is 0 Å². The molecular formula is C17H22OSi2. The Morgan fingerprint density at radius 3 is 1.75 bits per heavy atom. The first kappa shape index (κ1) is 13.8. The van der Waals surface area contributed by atoms with Gasteiger partial charge in [0.25, 0.3) is 0 Å². The predicted molar refractivity (Wildman–Crippen MR) is 90.8 cm³/mol. The second kappa shape index (κ2) is 5.32. The van der Waals surface area contributed by atoms with E-state index in [1.807, 2.05) is 0 Å². The van der Waals surface area contributed by atoms with Gasteiger partial charge in [-0.3, -0.25) is 0 Å². The molecule has 1 fully saturated rings. The molecule has 0 atom stereocenters. The fourth-order valence-electron chi connectivity index (χ4n) is 3.57. The summed E-state index contributed by atoms with van der Waals surface area (Å²) in [6, 6.07) is 23.4. The Labute approximate surface area is 123 Å². The maximum absolute atomic E-state index is 6.65. The Morgan fingerprint density at radius 1 is 0.800 bits per heavy atom. The van der Waals surface area contributed by atoms with Crippen molar-refractivity contribution in [3.63, 3.8) is 0 Å². The third-order valence-electron chi connectivity index (χ3n) is 4.58. The molecule has 3 rings (SSSR count). The van der Waals surface area contributed by atoms with Crippen LogP contribution < -0.4 is 10.4 Å². The van der Waals surface area contributed by atoms with E-state index in [0.29, 0.717) is 0 Å². The smallest absolute Gasteiger partial charge is 0.240 e. The maximum Gasteiger partial charge on any atom is 0.240 e. The molecule has 20 heavy (non-hydrogen) atoms.